The first-order valence-corrected chi connectivity index (χ1v) is 7.75. The number of benzene rings is 2. The van der Waals surface area contributed by atoms with Crippen molar-refractivity contribution in [3.05, 3.63) is 58.3 Å². The molecule has 2 aromatic carbocycles. The van der Waals surface area contributed by atoms with Gasteiger partial charge in [-0.1, -0.05) is 6.07 Å². The van der Waals surface area contributed by atoms with Crippen LogP contribution in [0, 0.1) is 12.7 Å². The van der Waals surface area contributed by atoms with Gasteiger partial charge in [-0.05, 0) is 36.8 Å². The Morgan fingerprint density at radius 3 is 2.68 bits per heavy atom. The van der Waals surface area contributed by atoms with Crippen LogP contribution < -0.4 is 10.5 Å². The third-order valence-corrected chi connectivity index (χ3v) is 4.51. The van der Waals surface area contributed by atoms with Crippen molar-refractivity contribution in [2.75, 3.05) is 4.72 Å². The monoisotopic (exact) mass is 322 g/mol. The summed E-state index contributed by atoms with van der Waals surface area (Å²) in [4.78, 5) is 13.4. The highest BCUT2D eigenvalue weighted by molar-refractivity contribution is 7.92. The molecule has 0 unspecified atom stereocenters. The lowest BCUT2D eigenvalue weighted by Crippen LogP contribution is -2.13. The molecule has 0 atom stereocenters. The summed E-state index contributed by atoms with van der Waals surface area (Å²) in [7, 11) is -3.92. The number of aromatic nitrogens is 1. The molecule has 0 fully saturated rings. The number of fused-ring (bicyclic) bond motifs is 1. The van der Waals surface area contributed by atoms with Crippen LogP contribution in [0.15, 0.2) is 50.5 Å². The third kappa shape index (κ3) is 2.60. The van der Waals surface area contributed by atoms with Gasteiger partial charge in [0.15, 0.2) is 5.58 Å². The predicted molar refractivity (Wildman–Crippen MR) is 78.8 cm³/mol. The van der Waals surface area contributed by atoms with E-state index in [9.17, 15) is 17.6 Å². The largest absolute Gasteiger partial charge is 0.417 e. The minimum Gasteiger partial charge on any atom is -0.408 e. The van der Waals surface area contributed by atoms with Crippen molar-refractivity contribution in [3.8, 4) is 0 Å². The van der Waals surface area contributed by atoms with E-state index in [0.29, 0.717) is 11.1 Å². The van der Waals surface area contributed by atoms with Gasteiger partial charge in [0.1, 0.15) is 5.82 Å². The molecule has 6 nitrogen and oxygen atoms in total. The zero-order valence-electron chi connectivity index (χ0n) is 11.4. The Labute approximate surface area is 124 Å². The van der Waals surface area contributed by atoms with Crippen LogP contribution in [0.4, 0.5) is 10.1 Å². The summed E-state index contributed by atoms with van der Waals surface area (Å²) >= 11 is 0. The van der Waals surface area contributed by atoms with Gasteiger partial charge in [-0.25, -0.2) is 17.6 Å². The first-order valence-electron chi connectivity index (χ1n) is 6.27. The Morgan fingerprint density at radius 1 is 1.18 bits per heavy atom. The minimum absolute atomic E-state index is 0.0938. The Balaban J connectivity index is 1.99. The van der Waals surface area contributed by atoms with Gasteiger partial charge >= 0.3 is 5.76 Å². The van der Waals surface area contributed by atoms with E-state index in [1.54, 1.807) is 6.92 Å². The van der Waals surface area contributed by atoms with E-state index < -0.39 is 21.6 Å². The highest BCUT2D eigenvalue weighted by Gasteiger charge is 2.16. The summed E-state index contributed by atoms with van der Waals surface area (Å²) in [5.74, 6) is -1.18. The summed E-state index contributed by atoms with van der Waals surface area (Å²) in [6.07, 6.45) is 0. The first-order chi connectivity index (χ1) is 10.3. The summed E-state index contributed by atoms with van der Waals surface area (Å²) in [6.45, 7) is 1.58. The standard InChI is InChI=1S/C14H11FN2O4S/c1-8-2-3-9(6-11(8)15)17-22(19,20)10-4-5-12-13(7-10)21-14(18)16-12/h2-7,17H,1H3,(H,16,18). The Hall–Kier alpha value is -2.61. The smallest absolute Gasteiger partial charge is 0.408 e. The van der Waals surface area contributed by atoms with Gasteiger partial charge in [0, 0.05) is 6.07 Å². The number of nitrogens with one attached hydrogen (secondary N) is 2. The molecule has 0 amide bonds. The van der Waals surface area contributed by atoms with Gasteiger partial charge in [0.25, 0.3) is 10.0 Å². The molecule has 0 bridgehead atoms. The molecule has 0 aliphatic rings. The molecule has 0 aliphatic heterocycles. The number of sulfonamides is 1. The average Bonchev–Trinajstić information content (AvgIpc) is 2.81. The van der Waals surface area contributed by atoms with Crippen molar-refractivity contribution in [1.29, 1.82) is 0 Å². The van der Waals surface area contributed by atoms with Gasteiger partial charge in [0.2, 0.25) is 0 Å². The highest BCUT2D eigenvalue weighted by atomic mass is 32.2. The number of aryl methyl sites for hydroxylation is 1. The molecule has 8 heteroatoms. The number of hydrogen-bond acceptors (Lipinski definition) is 4. The van der Waals surface area contributed by atoms with Crippen molar-refractivity contribution in [2.45, 2.75) is 11.8 Å². The van der Waals surface area contributed by atoms with E-state index in [1.807, 2.05) is 0 Å². The average molecular weight is 322 g/mol. The molecule has 2 N–H and O–H groups in total. The second-order valence-corrected chi connectivity index (χ2v) is 6.42. The van der Waals surface area contributed by atoms with Crippen LogP contribution in [0.3, 0.4) is 0 Å². The maximum absolute atomic E-state index is 13.5. The van der Waals surface area contributed by atoms with Crippen molar-refractivity contribution < 1.29 is 17.2 Å². The van der Waals surface area contributed by atoms with Crippen LogP contribution >= 0.6 is 0 Å². The molecule has 0 spiro atoms. The molecular formula is C14H11FN2O4S. The number of rotatable bonds is 3. The van der Waals surface area contributed by atoms with E-state index in [4.69, 9.17) is 4.42 Å². The highest BCUT2D eigenvalue weighted by Crippen LogP contribution is 2.21. The fourth-order valence-corrected chi connectivity index (χ4v) is 3.03. The summed E-state index contributed by atoms with van der Waals surface area (Å²) < 4.78 is 45.2. The van der Waals surface area contributed by atoms with E-state index in [2.05, 4.69) is 9.71 Å². The van der Waals surface area contributed by atoms with E-state index >= 15 is 0 Å². The molecule has 114 valence electrons. The fraction of sp³-hybridized carbons (Fsp3) is 0.0714. The molecule has 0 saturated heterocycles. The van der Waals surface area contributed by atoms with E-state index in [-0.39, 0.29) is 16.2 Å². The molecule has 0 radical (unpaired) electrons. The van der Waals surface area contributed by atoms with Gasteiger partial charge in [-0.2, -0.15) is 0 Å². The van der Waals surface area contributed by atoms with Crippen LogP contribution in [0.1, 0.15) is 5.56 Å². The summed E-state index contributed by atoms with van der Waals surface area (Å²) in [5.41, 5.74) is 1.05. The Bertz CT molecular complexity index is 1020. The Kier molecular flexibility index (Phi) is 3.25. The lowest BCUT2D eigenvalue weighted by molar-refractivity contribution is 0.554. The number of aromatic amines is 1. The normalized spacial score (nSPS) is 11.7. The molecular weight excluding hydrogens is 311 g/mol. The second kappa shape index (κ2) is 4.99. The van der Waals surface area contributed by atoms with Crippen LogP contribution in [0.25, 0.3) is 11.1 Å². The number of hydrogen-bond donors (Lipinski definition) is 2. The SMILES string of the molecule is Cc1ccc(NS(=O)(=O)c2ccc3[nH]c(=O)oc3c2)cc1F. The van der Waals surface area contributed by atoms with Crippen LogP contribution in [-0.2, 0) is 10.0 Å². The van der Waals surface area contributed by atoms with Crippen LogP contribution in [0.5, 0.6) is 0 Å². The van der Waals surface area contributed by atoms with Gasteiger partial charge in [-0.15, -0.1) is 0 Å². The van der Waals surface area contributed by atoms with Crippen LogP contribution in [0.2, 0.25) is 0 Å². The lowest BCUT2D eigenvalue weighted by Gasteiger charge is -2.08. The number of anilines is 1. The van der Waals surface area contributed by atoms with E-state index in [0.717, 1.165) is 6.07 Å². The molecule has 0 aliphatic carbocycles. The number of H-pyrrole nitrogens is 1. The summed E-state index contributed by atoms with van der Waals surface area (Å²) in [5, 5.41) is 0. The maximum Gasteiger partial charge on any atom is 0.417 e. The second-order valence-electron chi connectivity index (χ2n) is 4.74. The fourth-order valence-electron chi connectivity index (χ4n) is 1.96. The summed E-state index contributed by atoms with van der Waals surface area (Å²) in [6, 6.07) is 8.00. The quantitative estimate of drug-likeness (QED) is 0.774. The molecule has 1 aromatic heterocycles. The molecule has 1 heterocycles. The number of halogens is 1. The van der Waals surface area contributed by atoms with Gasteiger partial charge in [-0.3, -0.25) is 9.71 Å². The topological polar surface area (TPSA) is 92.2 Å². The van der Waals surface area contributed by atoms with Crippen molar-refractivity contribution in [2.24, 2.45) is 0 Å². The van der Waals surface area contributed by atoms with Crippen LogP contribution in [-0.4, -0.2) is 13.4 Å². The minimum atomic E-state index is -3.92. The van der Waals surface area contributed by atoms with E-state index in [1.165, 1.54) is 30.3 Å². The lowest BCUT2D eigenvalue weighted by atomic mass is 10.2. The first kappa shape index (κ1) is 14.3. The molecule has 22 heavy (non-hydrogen) atoms. The predicted octanol–water partition coefficient (Wildman–Crippen LogP) is 2.37. The van der Waals surface area contributed by atoms with Crippen molar-refractivity contribution in [1.82, 2.24) is 4.98 Å². The maximum atomic E-state index is 13.5. The molecule has 3 rings (SSSR count). The van der Waals surface area contributed by atoms with Crippen molar-refractivity contribution in [3.63, 3.8) is 0 Å². The Morgan fingerprint density at radius 2 is 1.95 bits per heavy atom. The van der Waals surface area contributed by atoms with Gasteiger partial charge < -0.3 is 4.42 Å². The number of oxazole rings is 1. The zero-order valence-corrected chi connectivity index (χ0v) is 12.2. The third-order valence-electron chi connectivity index (χ3n) is 3.13. The molecule has 0 saturated carbocycles. The van der Waals surface area contributed by atoms with Gasteiger partial charge in [0.05, 0.1) is 16.1 Å². The van der Waals surface area contributed by atoms with Crippen molar-refractivity contribution >= 4 is 26.8 Å². The zero-order chi connectivity index (χ0) is 15.9. The molecule has 3 aromatic rings.